The second kappa shape index (κ2) is 4.71. The maximum Gasteiger partial charge on any atom is 0.164 e. The van der Waals surface area contributed by atoms with Crippen LogP contribution in [0, 0.1) is 31.0 Å². The molecule has 0 N–H and O–H groups in total. The van der Waals surface area contributed by atoms with Gasteiger partial charge in [0.25, 0.3) is 0 Å². The zero-order valence-corrected chi connectivity index (χ0v) is 12.0. The Morgan fingerprint density at radius 3 is 2.61 bits per heavy atom. The van der Waals surface area contributed by atoms with Crippen molar-refractivity contribution in [2.24, 2.45) is 0 Å². The minimum atomic E-state index is -0.531. The average Bonchev–Trinajstić information content (AvgIpc) is 2.60. The number of aromatic nitrogens is 2. The van der Waals surface area contributed by atoms with Crippen molar-refractivity contribution in [3.63, 3.8) is 0 Å². The number of halogens is 3. The summed E-state index contributed by atoms with van der Waals surface area (Å²) in [6.45, 7) is 3.51. The third-order valence-corrected chi connectivity index (χ3v) is 3.94. The van der Waals surface area contributed by atoms with Gasteiger partial charge in [-0.15, -0.1) is 0 Å². The van der Waals surface area contributed by atoms with Gasteiger partial charge in [-0.05, 0) is 41.9 Å². The molecule has 1 aromatic carbocycles. The van der Waals surface area contributed by atoms with Gasteiger partial charge in [0.05, 0.1) is 26.4 Å². The molecule has 0 saturated carbocycles. The standard InChI is InChI=1S/C12H8BrClFN3/c1-6-11(14)7(2)18(17-6)9-4-3-8(5-16)10(13)12(9)15/h3-4H,1-2H3. The molecule has 2 aromatic rings. The van der Waals surface area contributed by atoms with Crippen LogP contribution in [0.2, 0.25) is 5.02 Å². The number of nitriles is 1. The normalized spacial score (nSPS) is 10.4. The molecule has 1 aromatic heterocycles. The number of benzene rings is 1. The van der Waals surface area contributed by atoms with Crippen LogP contribution in [0.4, 0.5) is 4.39 Å². The van der Waals surface area contributed by atoms with E-state index < -0.39 is 5.82 Å². The summed E-state index contributed by atoms with van der Waals surface area (Å²) in [4.78, 5) is 0. The molecule has 1 heterocycles. The molecular weight excluding hydrogens is 321 g/mol. The number of rotatable bonds is 1. The first kappa shape index (κ1) is 13.1. The Labute approximate surface area is 117 Å². The molecule has 2 rings (SSSR count). The lowest BCUT2D eigenvalue weighted by Gasteiger charge is -2.08. The van der Waals surface area contributed by atoms with E-state index in [-0.39, 0.29) is 15.7 Å². The van der Waals surface area contributed by atoms with Crippen molar-refractivity contribution >= 4 is 27.5 Å². The summed E-state index contributed by atoms with van der Waals surface area (Å²) in [7, 11) is 0. The van der Waals surface area contributed by atoms with Gasteiger partial charge in [0, 0.05) is 0 Å². The second-order valence-corrected chi connectivity index (χ2v) is 4.94. The molecule has 18 heavy (non-hydrogen) atoms. The molecule has 0 aliphatic carbocycles. The van der Waals surface area contributed by atoms with Gasteiger partial charge < -0.3 is 0 Å². The van der Waals surface area contributed by atoms with Crippen molar-refractivity contribution in [3.8, 4) is 11.8 Å². The topological polar surface area (TPSA) is 41.6 Å². The molecule has 0 radical (unpaired) electrons. The number of hydrogen-bond donors (Lipinski definition) is 0. The number of aryl methyl sites for hydroxylation is 1. The maximum atomic E-state index is 14.2. The Balaban J connectivity index is 2.70. The molecule has 3 nitrogen and oxygen atoms in total. The quantitative estimate of drug-likeness (QED) is 0.796. The Morgan fingerprint density at radius 1 is 1.44 bits per heavy atom. The van der Waals surface area contributed by atoms with E-state index in [1.807, 2.05) is 6.07 Å². The molecule has 6 heteroatoms. The van der Waals surface area contributed by atoms with E-state index in [1.165, 1.54) is 16.8 Å². The van der Waals surface area contributed by atoms with Crippen LogP contribution < -0.4 is 0 Å². The highest BCUT2D eigenvalue weighted by Gasteiger charge is 2.17. The molecule has 92 valence electrons. The zero-order chi connectivity index (χ0) is 13.4. The molecule has 0 saturated heterocycles. The van der Waals surface area contributed by atoms with Crippen molar-refractivity contribution in [3.05, 3.63) is 44.4 Å². The van der Waals surface area contributed by atoms with Crippen molar-refractivity contribution in [2.45, 2.75) is 13.8 Å². The predicted octanol–water partition coefficient (Wildman–Crippen LogP) is 3.92. The van der Waals surface area contributed by atoms with Crippen LogP contribution in [-0.2, 0) is 0 Å². The molecule has 0 bridgehead atoms. The minimum absolute atomic E-state index is 0.131. The van der Waals surface area contributed by atoms with E-state index in [1.54, 1.807) is 13.8 Å². The third kappa shape index (κ3) is 1.92. The fourth-order valence-corrected chi connectivity index (χ4v) is 2.19. The van der Waals surface area contributed by atoms with Crippen molar-refractivity contribution in [2.75, 3.05) is 0 Å². The summed E-state index contributed by atoms with van der Waals surface area (Å²) in [6, 6.07) is 4.95. The highest BCUT2D eigenvalue weighted by molar-refractivity contribution is 9.10. The first-order valence-electron chi connectivity index (χ1n) is 5.07. The summed E-state index contributed by atoms with van der Waals surface area (Å²) in [5, 5.41) is 13.5. The smallest absolute Gasteiger partial charge is 0.164 e. The van der Waals surface area contributed by atoms with E-state index in [2.05, 4.69) is 21.0 Å². The summed E-state index contributed by atoms with van der Waals surface area (Å²) >= 11 is 9.10. The molecular formula is C12H8BrClFN3. The van der Waals surface area contributed by atoms with E-state index >= 15 is 0 Å². The Kier molecular flexibility index (Phi) is 3.42. The fourth-order valence-electron chi connectivity index (χ4n) is 1.65. The van der Waals surface area contributed by atoms with Crippen LogP contribution in [0.15, 0.2) is 16.6 Å². The van der Waals surface area contributed by atoms with Crippen LogP contribution in [0.1, 0.15) is 17.0 Å². The zero-order valence-electron chi connectivity index (χ0n) is 9.63. The van der Waals surface area contributed by atoms with E-state index in [4.69, 9.17) is 16.9 Å². The summed E-state index contributed by atoms with van der Waals surface area (Å²) < 4.78 is 15.7. The summed E-state index contributed by atoms with van der Waals surface area (Å²) in [5.41, 5.74) is 1.79. The molecule has 0 spiro atoms. The molecule has 0 fully saturated rings. The highest BCUT2D eigenvalue weighted by Crippen LogP contribution is 2.28. The average molecular weight is 329 g/mol. The van der Waals surface area contributed by atoms with Gasteiger partial charge in [-0.1, -0.05) is 11.6 Å². The molecule has 0 atom stereocenters. The minimum Gasteiger partial charge on any atom is -0.233 e. The first-order valence-corrected chi connectivity index (χ1v) is 6.24. The van der Waals surface area contributed by atoms with E-state index in [0.29, 0.717) is 16.4 Å². The number of hydrogen-bond acceptors (Lipinski definition) is 2. The van der Waals surface area contributed by atoms with Gasteiger partial charge in [-0.3, -0.25) is 0 Å². The van der Waals surface area contributed by atoms with E-state index in [0.717, 1.165) is 0 Å². The fraction of sp³-hybridized carbons (Fsp3) is 0.167. The number of nitrogens with zero attached hydrogens (tertiary/aromatic N) is 3. The summed E-state index contributed by atoms with van der Waals surface area (Å²) in [6.07, 6.45) is 0. The molecule has 0 amide bonds. The van der Waals surface area contributed by atoms with Gasteiger partial charge >= 0.3 is 0 Å². The largest absolute Gasteiger partial charge is 0.233 e. The van der Waals surface area contributed by atoms with Crippen LogP contribution in [0.3, 0.4) is 0 Å². The predicted molar refractivity (Wildman–Crippen MR) is 70.4 cm³/mol. The van der Waals surface area contributed by atoms with Gasteiger partial charge in [0.15, 0.2) is 5.82 Å². The van der Waals surface area contributed by atoms with Gasteiger partial charge in [0.1, 0.15) is 11.8 Å². The lowest BCUT2D eigenvalue weighted by Crippen LogP contribution is -2.03. The van der Waals surface area contributed by atoms with Crippen molar-refractivity contribution < 1.29 is 4.39 Å². The second-order valence-electron chi connectivity index (χ2n) is 3.77. The molecule has 0 aliphatic rings. The van der Waals surface area contributed by atoms with Crippen LogP contribution >= 0.6 is 27.5 Å². The molecule has 0 unspecified atom stereocenters. The Morgan fingerprint density at radius 2 is 2.11 bits per heavy atom. The van der Waals surface area contributed by atoms with Gasteiger partial charge in [0.2, 0.25) is 0 Å². The maximum absolute atomic E-state index is 14.2. The van der Waals surface area contributed by atoms with Crippen molar-refractivity contribution in [1.29, 1.82) is 5.26 Å². The summed E-state index contributed by atoms with van der Waals surface area (Å²) in [5.74, 6) is -0.531. The Bertz CT molecular complexity index is 673. The highest BCUT2D eigenvalue weighted by atomic mass is 79.9. The van der Waals surface area contributed by atoms with E-state index in [9.17, 15) is 4.39 Å². The van der Waals surface area contributed by atoms with Crippen LogP contribution in [-0.4, -0.2) is 9.78 Å². The monoisotopic (exact) mass is 327 g/mol. The van der Waals surface area contributed by atoms with Crippen LogP contribution in [0.5, 0.6) is 0 Å². The van der Waals surface area contributed by atoms with Gasteiger partial charge in [-0.2, -0.15) is 10.4 Å². The third-order valence-electron chi connectivity index (χ3n) is 2.61. The van der Waals surface area contributed by atoms with Crippen molar-refractivity contribution in [1.82, 2.24) is 9.78 Å². The SMILES string of the molecule is Cc1nn(-c2ccc(C#N)c(Br)c2F)c(C)c1Cl. The van der Waals surface area contributed by atoms with Gasteiger partial charge in [-0.25, -0.2) is 9.07 Å². The molecule has 0 aliphatic heterocycles. The first-order chi connectivity index (χ1) is 8.47. The lowest BCUT2D eigenvalue weighted by molar-refractivity contribution is 0.601. The van der Waals surface area contributed by atoms with Crippen LogP contribution in [0.25, 0.3) is 5.69 Å². The Hall–Kier alpha value is -1.38. The lowest BCUT2D eigenvalue weighted by atomic mass is 10.2.